The van der Waals surface area contributed by atoms with Gasteiger partial charge in [0.2, 0.25) is 0 Å². The molecule has 0 saturated carbocycles. The van der Waals surface area contributed by atoms with Crippen LogP contribution in [0.2, 0.25) is 0 Å². The van der Waals surface area contributed by atoms with Crippen molar-refractivity contribution in [2.45, 2.75) is 39.8 Å². The van der Waals surface area contributed by atoms with E-state index in [9.17, 15) is 9.50 Å². The zero-order chi connectivity index (χ0) is 15.1. The van der Waals surface area contributed by atoms with Gasteiger partial charge in [0.05, 0.1) is 6.10 Å². The van der Waals surface area contributed by atoms with Crippen LogP contribution in [0.1, 0.15) is 38.0 Å². The molecule has 4 heteroatoms. The second-order valence-corrected chi connectivity index (χ2v) is 5.22. The third-order valence-corrected chi connectivity index (χ3v) is 3.79. The fourth-order valence-corrected chi connectivity index (χ4v) is 2.24. The summed E-state index contributed by atoms with van der Waals surface area (Å²) in [5.74, 6) is -0.233. The highest BCUT2D eigenvalue weighted by Gasteiger charge is 2.16. The second kappa shape index (κ2) is 8.35. The van der Waals surface area contributed by atoms with Crippen LogP contribution >= 0.6 is 0 Å². The Bertz CT molecular complexity index is 407. The Morgan fingerprint density at radius 2 is 1.95 bits per heavy atom. The molecule has 0 aliphatic heterocycles. The predicted molar refractivity (Wildman–Crippen MR) is 81.3 cm³/mol. The lowest BCUT2D eigenvalue weighted by molar-refractivity contribution is 0.133. The molecule has 2 N–H and O–H groups in total. The minimum Gasteiger partial charge on any atom is -0.387 e. The van der Waals surface area contributed by atoms with Crippen LogP contribution in [0.25, 0.3) is 0 Å². The number of hydrogen-bond donors (Lipinski definition) is 2. The first-order chi connectivity index (χ1) is 9.49. The van der Waals surface area contributed by atoms with Crippen molar-refractivity contribution in [1.29, 1.82) is 0 Å². The maximum absolute atomic E-state index is 13.2. The smallest absolute Gasteiger partial charge is 0.126 e. The molecule has 0 aliphatic carbocycles. The number of rotatable bonds is 8. The third-order valence-electron chi connectivity index (χ3n) is 3.79. The SMILES string of the molecule is CCN(CC)CCNC(C)C(O)c1ccc(F)c(C)c1. The van der Waals surface area contributed by atoms with Gasteiger partial charge in [-0.1, -0.05) is 26.0 Å². The maximum Gasteiger partial charge on any atom is 0.126 e. The van der Waals surface area contributed by atoms with Crippen molar-refractivity contribution >= 4 is 0 Å². The van der Waals surface area contributed by atoms with Crippen LogP contribution in [-0.2, 0) is 0 Å². The van der Waals surface area contributed by atoms with Gasteiger partial charge in [-0.2, -0.15) is 0 Å². The number of aryl methyl sites for hydroxylation is 1. The normalized spacial score (nSPS) is 14.6. The number of aliphatic hydroxyl groups is 1. The monoisotopic (exact) mass is 282 g/mol. The summed E-state index contributed by atoms with van der Waals surface area (Å²) in [5.41, 5.74) is 1.32. The largest absolute Gasteiger partial charge is 0.387 e. The number of benzene rings is 1. The highest BCUT2D eigenvalue weighted by molar-refractivity contribution is 5.26. The summed E-state index contributed by atoms with van der Waals surface area (Å²) in [6.07, 6.45) is -0.619. The summed E-state index contributed by atoms with van der Waals surface area (Å²) in [6.45, 7) is 11.8. The fourth-order valence-electron chi connectivity index (χ4n) is 2.24. The number of hydrogen-bond acceptors (Lipinski definition) is 3. The number of nitrogens with one attached hydrogen (secondary N) is 1. The van der Waals surface area contributed by atoms with Crippen LogP contribution in [0.15, 0.2) is 18.2 Å². The molecular formula is C16H27FN2O. The highest BCUT2D eigenvalue weighted by atomic mass is 19.1. The molecule has 114 valence electrons. The number of likely N-dealkylation sites (N-methyl/N-ethyl adjacent to an activating group) is 1. The molecule has 0 radical (unpaired) electrons. The molecule has 3 nitrogen and oxygen atoms in total. The summed E-state index contributed by atoms with van der Waals surface area (Å²) in [6, 6.07) is 4.71. The van der Waals surface area contributed by atoms with Gasteiger partial charge >= 0.3 is 0 Å². The first-order valence-electron chi connectivity index (χ1n) is 7.39. The summed E-state index contributed by atoms with van der Waals surface area (Å²) in [4.78, 5) is 2.33. The van der Waals surface area contributed by atoms with Crippen molar-refractivity contribution < 1.29 is 9.50 Å². The highest BCUT2D eigenvalue weighted by Crippen LogP contribution is 2.19. The van der Waals surface area contributed by atoms with Gasteiger partial charge in [-0.25, -0.2) is 4.39 Å². The van der Waals surface area contributed by atoms with Gasteiger partial charge in [0.1, 0.15) is 5.82 Å². The predicted octanol–water partition coefficient (Wildman–Crippen LogP) is 2.49. The minimum atomic E-state index is -0.619. The van der Waals surface area contributed by atoms with E-state index in [1.54, 1.807) is 19.1 Å². The van der Waals surface area contributed by atoms with Gasteiger partial charge in [0.25, 0.3) is 0 Å². The molecule has 0 aliphatic rings. The molecule has 0 fully saturated rings. The van der Waals surface area contributed by atoms with E-state index in [1.165, 1.54) is 6.07 Å². The Hall–Kier alpha value is -0.970. The van der Waals surface area contributed by atoms with E-state index in [4.69, 9.17) is 0 Å². The summed E-state index contributed by atoms with van der Waals surface area (Å²) in [7, 11) is 0. The summed E-state index contributed by atoms with van der Waals surface area (Å²) >= 11 is 0. The van der Waals surface area contributed by atoms with Gasteiger partial charge in [-0.05, 0) is 44.1 Å². The summed E-state index contributed by atoms with van der Waals surface area (Å²) < 4.78 is 13.2. The topological polar surface area (TPSA) is 35.5 Å². The molecule has 0 saturated heterocycles. The van der Waals surface area contributed by atoms with Crippen molar-refractivity contribution in [1.82, 2.24) is 10.2 Å². The Kier molecular flexibility index (Phi) is 7.13. The molecule has 0 spiro atoms. The molecule has 20 heavy (non-hydrogen) atoms. The zero-order valence-corrected chi connectivity index (χ0v) is 13.0. The molecule has 1 rings (SSSR count). The zero-order valence-electron chi connectivity index (χ0n) is 13.0. The van der Waals surface area contributed by atoms with Gasteiger partial charge in [-0.15, -0.1) is 0 Å². The van der Waals surface area contributed by atoms with Crippen LogP contribution in [0.4, 0.5) is 4.39 Å². The Labute approximate surface area is 121 Å². The van der Waals surface area contributed by atoms with Crippen LogP contribution in [0.3, 0.4) is 0 Å². The third kappa shape index (κ3) is 4.85. The molecular weight excluding hydrogens is 255 g/mol. The molecule has 0 bridgehead atoms. The van der Waals surface area contributed by atoms with E-state index in [2.05, 4.69) is 24.1 Å². The van der Waals surface area contributed by atoms with Gasteiger partial charge in [0, 0.05) is 19.1 Å². The number of halogens is 1. The van der Waals surface area contributed by atoms with E-state index in [1.807, 2.05) is 6.92 Å². The number of aliphatic hydroxyl groups excluding tert-OH is 1. The molecule has 0 heterocycles. The van der Waals surface area contributed by atoms with Crippen molar-refractivity contribution in [2.75, 3.05) is 26.2 Å². The van der Waals surface area contributed by atoms with Gasteiger partial charge in [-0.3, -0.25) is 0 Å². The Balaban J connectivity index is 2.49. The van der Waals surface area contributed by atoms with Crippen molar-refractivity contribution in [3.63, 3.8) is 0 Å². The number of nitrogens with zero attached hydrogens (tertiary/aromatic N) is 1. The molecule has 2 atom stereocenters. The molecule has 1 aromatic rings. The van der Waals surface area contributed by atoms with Crippen LogP contribution < -0.4 is 5.32 Å². The molecule has 0 aromatic heterocycles. The lowest BCUT2D eigenvalue weighted by Gasteiger charge is -2.23. The molecule has 2 unspecified atom stereocenters. The van der Waals surface area contributed by atoms with E-state index in [-0.39, 0.29) is 11.9 Å². The van der Waals surface area contributed by atoms with E-state index in [0.29, 0.717) is 5.56 Å². The quantitative estimate of drug-likeness (QED) is 0.769. The Morgan fingerprint density at radius 1 is 1.30 bits per heavy atom. The van der Waals surface area contributed by atoms with E-state index >= 15 is 0 Å². The molecule has 1 aromatic carbocycles. The average Bonchev–Trinajstić information content (AvgIpc) is 2.45. The lowest BCUT2D eigenvalue weighted by Crippen LogP contribution is -2.38. The first-order valence-corrected chi connectivity index (χ1v) is 7.39. The lowest BCUT2D eigenvalue weighted by atomic mass is 10.0. The van der Waals surface area contributed by atoms with Crippen molar-refractivity contribution in [2.24, 2.45) is 0 Å². The fraction of sp³-hybridized carbons (Fsp3) is 0.625. The average molecular weight is 282 g/mol. The maximum atomic E-state index is 13.2. The molecule has 0 amide bonds. The van der Waals surface area contributed by atoms with Gasteiger partial charge in [0.15, 0.2) is 0 Å². The van der Waals surface area contributed by atoms with Gasteiger partial charge < -0.3 is 15.3 Å². The van der Waals surface area contributed by atoms with E-state index in [0.717, 1.165) is 31.7 Å². The van der Waals surface area contributed by atoms with Crippen LogP contribution in [-0.4, -0.2) is 42.2 Å². The minimum absolute atomic E-state index is 0.0598. The van der Waals surface area contributed by atoms with Crippen LogP contribution in [0.5, 0.6) is 0 Å². The van der Waals surface area contributed by atoms with Crippen molar-refractivity contribution in [3.8, 4) is 0 Å². The van der Waals surface area contributed by atoms with E-state index < -0.39 is 6.10 Å². The standard InChI is InChI=1S/C16H27FN2O/c1-5-19(6-2)10-9-18-13(4)16(20)14-7-8-15(17)12(3)11-14/h7-8,11,13,16,18,20H,5-6,9-10H2,1-4H3. The van der Waals surface area contributed by atoms with Crippen molar-refractivity contribution in [3.05, 3.63) is 35.1 Å². The Morgan fingerprint density at radius 3 is 2.50 bits per heavy atom. The van der Waals surface area contributed by atoms with Crippen LogP contribution in [0, 0.1) is 12.7 Å². The first kappa shape index (κ1) is 17.1. The second-order valence-electron chi connectivity index (χ2n) is 5.22. The summed E-state index contributed by atoms with van der Waals surface area (Å²) in [5, 5.41) is 13.6.